The van der Waals surface area contributed by atoms with Crippen molar-refractivity contribution in [2.75, 3.05) is 12.3 Å². The fourth-order valence-electron chi connectivity index (χ4n) is 1.84. The Morgan fingerprint density at radius 3 is 2.59 bits per heavy atom. The predicted molar refractivity (Wildman–Crippen MR) is 86.9 cm³/mol. The van der Waals surface area contributed by atoms with Crippen LogP contribution in [0.5, 0.6) is 0 Å². The van der Waals surface area contributed by atoms with Gasteiger partial charge in [0, 0.05) is 18.1 Å². The maximum atomic E-state index is 13.4. The number of primary amides is 1. The van der Waals surface area contributed by atoms with Gasteiger partial charge in [-0.3, -0.25) is 4.79 Å². The minimum Gasteiger partial charge on any atom is -0.353 e. The van der Waals surface area contributed by atoms with Gasteiger partial charge in [-0.05, 0) is 17.5 Å². The molecule has 1 atom stereocenters. The zero-order valence-corrected chi connectivity index (χ0v) is 13.6. The molecule has 122 valence electrons. The van der Waals surface area contributed by atoms with Crippen molar-refractivity contribution in [1.29, 1.82) is 0 Å². The predicted octanol–water partition coefficient (Wildman–Crippen LogP) is 1.87. The number of nitrogens with one attached hydrogen (secondary N) is 2. The summed E-state index contributed by atoms with van der Waals surface area (Å²) in [7, 11) is 0. The highest BCUT2D eigenvalue weighted by molar-refractivity contribution is 7.98. The first kappa shape index (κ1) is 18.3. The molecule has 1 aromatic carbocycles. The summed E-state index contributed by atoms with van der Waals surface area (Å²) in [5.74, 6) is 0.667. The maximum absolute atomic E-state index is 13.4. The lowest BCUT2D eigenvalue weighted by molar-refractivity contribution is -0.123. The second kappa shape index (κ2) is 9.30. The fourth-order valence-corrected chi connectivity index (χ4v) is 2.69. The zero-order chi connectivity index (χ0) is 16.5. The van der Waals surface area contributed by atoms with Gasteiger partial charge in [0.25, 0.3) is 0 Å². The minimum absolute atomic E-state index is 0.0569. The van der Waals surface area contributed by atoms with E-state index in [-0.39, 0.29) is 17.6 Å². The Morgan fingerprint density at radius 1 is 1.32 bits per heavy atom. The summed E-state index contributed by atoms with van der Waals surface area (Å²) < 4.78 is 13.4. The Bertz CT molecular complexity index is 511. The number of carbonyl (C=O) groups is 2. The molecule has 22 heavy (non-hydrogen) atoms. The quantitative estimate of drug-likeness (QED) is 0.637. The van der Waals surface area contributed by atoms with Crippen LogP contribution < -0.4 is 16.4 Å². The van der Waals surface area contributed by atoms with E-state index in [2.05, 4.69) is 10.6 Å². The Morgan fingerprint density at radius 2 is 2.00 bits per heavy atom. The Balaban J connectivity index is 2.29. The van der Waals surface area contributed by atoms with Gasteiger partial charge in [0.15, 0.2) is 0 Å². The van der Waals surface area contributed by atoms with Crippen LogP contribution >= 0.6 is 11.8 Å². The molecule has 1 rings (SSSR count). The molecule has 0 heterocycles. The summed E-state index contributed by atoms with van der Waals surface area (Å²) in [6.45, 7) is 4.10. The summed E-state index contributed by atoms with van der Waals surface area (Å²) in [5, 5.41) is 5.17. The van der Waals surface area contributed by atoms with Crippen LogP contribution in [-0.2, 0) is 10.5 Å². The summed E-state index contributed by atoms with van der Waals surface area (Å²) in [6, 6.07) is 5.26. The molecule has 0 fully saturated rings. The van der Waals surface area contributed by atoms with Gasteiger partial charge in [-0.25, -0.2) is 9.18 Å². The first-order chi connectivity index (χ1) is 10.4. The normalized spacial score (nSPS) is 12.0. The Labute approximate surface area is 134 Å². The first-order valence-electron chi connectivity index (χ1n) is 7.06. The monoisotopic (exact) mass is 327 g/mol. The molecule has 0 radical (unpaired) electrons. The van der Waals surface area contributed by atoms with Crippen molar-refractivity contribution in [2.24, 2.45) is 11.7 Å². The number of hydrogen-bond donors (Lipinski definition) is 3. The molecule has 1 aromatic rings. The Hall–Kier alpha value is -1.76. The van der Waals surface area contributed by atoms with Gasteiger partial charge in [-0.1, -0.05) is 32.0 Å². The van der Waals surface area contributed by atoms with Crippen LogP contribution in [0.3, 0.4) is 0 Å². The Kier molecular flexibility index (Phi) is 7.73. The fraction of sp³-hybridized carbons (Fsp3) is 0.467. The average Bonchev–Trinajstić information content (AvgIpc) is 2.45. The molecule has 4 N–H and O–H groups in total. The van der Waals surface area contributed by atoms with Crippen LogP contribution in [0.25, 0.3) is 0 Å². The summed E-state index contributed by atoms with van der Waals surface area (Å²) in [6.07, 6.45) is 0. The van der Waals surface area contributed by atoms with Crippen molar-refractivity contribution in [3.63, 3.8) is 0 Å². The lowest BCUT2D eigenvalue weighted by atomic mass is 10.0. The van der Waals surface area contributed by atoms with Crippen molar-refractivity contribution < 1.29 is 14.0 Å². The van der Waals surface area contributed by atoms with Gasteiger partial charge in [0.1, 0.15) is 11.9 Å². The molecule has 0 unspecified atom stereocenters. The molecule has 5 nitrogen and oxygen atoms in total. The molecule has 0 aliphatic heterocycles. The van der Waals surface area contributed by atoms with E-state index in [9.17, 15) is 14.0 Å². The highest BCUT2D eigenvalue weighted by Crippen LogP contribution is 2.14. The van der Waals surface area contributed by atoms with Crippen molar-refractivity contribution in [2.45, 2.75) is 25.6 Å². The number of rotatable bonds is 8. The van der Waals surface area contributed by atoms with Gasteiger partial charge in [0.2, 0.25) is 5.91 Å². The van der Waals surface area contributed by atoms with Crippen LogP contribution in [0.4, 0.5) is 9.18 Å². The first-order valence-corrected chi connectivity index (χ1v) is 8.22. The summed E-state index contributed by atoms with van der Waals surface area (Å²) in [5.41, 5.74) is 5.70. The molecule has 0 bridgehead atoms. The van der Waals surface area contributed by atoms with Crippen LogP contribution in [0, 0.1) is 11.7 Å². The molecule has 0 saturated heterocycles. The van der Waals surface area contributed by atoms with E-state index in [0.29, 0.717) is 23.6 Å². The standard InChI is InChI=1S/C15H22FN3O2S/c1-10(2)13(19-15(17)21)14(20)18-7-8-22-9-11-5-3-4-6-12(11)16/h3-6,10,13H,7-9H2,1-2H3,(H,18,20)(H3,17,19,21)/t13-/m0/s1. The van der Waals surface area contributed by atoms with E-state index < -0.39 is 12.1 Å². The third-order valence-electron chi connectivity index (χ3n) is 3.01. The van der Waals surface area contributed by atoms with Crippen LogP contribution in [0.2, 0.25) is 0 Å². The van der Waals surface area contributed by atoms with Crippen molar-refractivity contribution in [3.8, 4) is 0 Å². The van der Waals surface area contributed by atoms with E-state index in [1.54, 1.807) is 18.2 Å². The molecular formula is C15H22FN3O2S. The number of urea groups is 1. The van der Waals surface area contributed by atoms with Crippen molar-refractivity contribution in [1.82, 2.24) is 10.6 Å². The number of halogens is 1. The second-order valence-corrected chi connectivity index (χ2v) is 6.27. The minimum atomic E-state index is -0.720. The zero-order valence-electron chi connectivity index (χ0n) is 12.8. The van der Waals surface area contributed by atoms with Crippen LogP contribution in [0.1, 0.15) is 19.4 Å². The molecule has 0 spiro atoms. The molecule has 0 saturated carbocycles. The number of hydrogen-bond acceptors (Lipinski definition) is 3. The lowest BCUT2D eigenvalue weighted by Crippen LogP contribution is -2.51. The number of benzene rings is 1. The van der Waals surface area contributed by atoms with Gasteiger partial charge in [-0.2, -0.15) is 11.8 Å². The smallest absolute Gasteiger partial charge is 0.312 e. The van der Waals surface area contributed by atoms with Crippen molar-refractivity contribution >= 4 is 23.7 Å². The van der Waals surface area contributed by atoms with Crippen LogP contribution in [-0.4, -0.2) is 30.3 Å². The summed E-state index contributed by atoms with van der Waals surface area (Å²) in [4.78, 5) is 22.8. The van der Waals surface area contributed by atoms with Gasteiger partial charge >= 0.3 is 6.03 Å². The third-order valence-corrected chi connectivity index (χ3v) is 4.02. The molecule has 0 aromatic heterocycles. The van der Waals surface area contributed by atoms with Gasteiger partial charge in [0.05, 0.1) is 0 Å². The number of amides is 3. The van der Waals surface area contributed by atoms with Gasteiger partial charge < -0.3 is 16.4 Å². The van der Waals surface area contributed by atoms with Gasteiger partial charge in [-0.15, -0.1) is 0 Å². The lowest BCUT2D eigenvalue weighted by Gasteiger charge is -2.20. The molecule has 3 amide bonds. The number of carbonyl (C=O) groups excluding carboxylic acids is 2. The second-order valence-electron chi connectivity index (χ2n) is 5.17. The van der Waals surface area contributed by atoms with E-state index in [0.717, 1.165) is 0 Å². The molecular weight excluding hydrogens is 305 g/mol. The van der Waals surface area contributed by atoms with E-state index in [1.165, 1.54) is 17.8 Å². The summed E-state index contributed by atoms with van der Waals surface area (Å²) >= 11 is 1.53. The van der Waals surface area contributed by atoms with E-state index >= 15 is 0 Å². The highest BCUT2D eigenvalue weighted by atomic mass is 32.2. The van der Waals surface area contributed by atoms with E-state index in [1.807, 2.05) is 13.8 Å². The maximum Gasteiger partial charge on any atom is 0.312 e. The topological polar surface area (TPSA) is 84.2 Å². The van der Waals surface area contributed by atoms with Crippen molar-refractivity contribution in [3.05, 3.63) is 35.6 Å². The van der Waals surface area contributed by atoms with Crippen LogP contribution in [0.15, 0.2) is 24.3 Å². The average molecular weight is 327 g/mol. The number of thioether (sulfide) groups is 1. The SMILES string of the molecule is CC(C)[C@H](NC(N)=O)C(=O)NCCSCc1ccccc1F. The highest BCUT2D eigenvalue weighted by Gasteiger charge is 2.22. The third kappa shape index (κ3) is 6.34. The van der Waals surface area contributed by atoms with E-state index in [4.69, 9.17) is 5.73 Å². The number of nitrogens with two attached hydrogens (primary N) is 1. The largest absolute Gasteiger partial charge is 0.353 e. The molecule has 0 aliphatic rings. The molecule has 0 aliphatic carbocycles. The molecule has 7 heteroatoms.